The summed E-state index contributed by atoms with van der Waals surface area (Å²) in [5.74, 6) is 0.884. The fourth-order valence-electron chi connectivity index (χ4n) is 1.65. The highest BCUT2D eigenvalue weighted by Gasteiger charge is 2.16. The van der Waals surface area contributed by atoms with E-state index in [0.717, 1.165) is 29.3 Å². The molecule has 0 saturated heterocycles. The van der Waals surface area contributed by atoms with Crippen molar-refractivity contribution < 1.29 is 9.47 Å². The van der Waals surface area contributed by atoms with Crippen molar-refractivity contribution in [3.05, 3.63) is 28.8 Å². The predicted octanol–water partition coefficient (Wildman–Crippen LogP) is 4.03. The quantitative estimate of drug-likeness (QED) is 0.786. The van der Waals surface area contributed by atoms with Gasteiger partial charge in [-0.25, -0.2) is 0 Å². The van der Waals surface area contributed by atoms with Gasteiger partial charge >= 0.3 is 0 Å². The molecule has 114 valence electrons. The van der Waals surface area contributed by atoms with Crippen LogP contribution in [0.1, 0.15) is 39.7 Å². The van der Waals surface area contributed by atoms with Gasteiger partial charge in [-0.3, -0.25) is 0 Å². The molecule has 3 nitrogen and oxygen atoms in total. The van der Waals surface area contributed by atoms with Gasteiger partial charge < -0.3 is 14.8 Å². The summed E-state index contributed by atoms with van der Waals surface area (Å²) in [6.45, 7) is 9.72. The number of methoxy groups -OCH3 is 1. The first-order valence-corrected chi connectivity index (χ1v) is 7.41. The first-order chi connectivity index (χ1) is 9.34. The van der Waals surface area contributed by atoms with Crippen molar-refractivity contribution in [3.63, 3.8) is 0 Å². The number of hydrogen-bond acceptors (Lipinski definition) is 3. The highest BCUT2D eigenvalue weighted by molar-refractivity contribution is 6.30. The van der Waals surface area contributed by atoms with Crippen molar-refractivity contribution in [1.29, 1.82) is 0 Å². The van der Waals surface area contributed by atoms with E-state index in [1.54, 1.807) is 7.11 Å². The van der Waals surface area contributed by atoms with E-state index in [2.05, 4.69) is 33.0 Å². The molecule has 0 aromatic heterocycles. The number of ether oxygens (including phenoxy) is 2. The van der Waals surface area contributed by atoms with Gasteiger partial charge in [0.25, 0.3) is 0 Å². The Balaban J connectivity index is 2.64. The number of hydrogen-bond donors (Lipinski definition) is 1. The third-order valence-corrected chi connectivity index (χ3v) is 3.47. The third-order valence-electron chi connectivity index (χ3n) is 3.24. The van der Waals surface area contributed by atoms with E-state index in [-0.39, 0.29) is 5.60 Å². The second-order valence-electron chi connectivity index (χ2n) is 5.85. The number of halogens is 1. The van der Waals surface area contributed by atoms with E-state index in [1.165, 1.54) is 0 Å². The predicted molar refractivity (Wildman–Crippen MR) is 84.6 cm³/mol. The Morgan fingerprint density at radius 3 is 2.60 bits per heavy atom. The number of rotatable bonds is 8. The van der Waals surface area contributed by atoms with Crippen molar-refractivity contribution in [2.75, 3.05) is 13.7 Å². The highest BCUT2D eigenvalue weighted by Crippen LogP contribution is 2.24. The molecule has 0 saturated carbocycles. The molecule has 0 unspecified atom stereocenters. The zero-order chi connectivity index (χ0) is 15.2. The molecule has 0 radical (unpaired) electrons. The lowest BCUT2D eigenvalue weighted by Gasteiger charge is -2.23. The fourth-order valence-corrected chi connectivity index (χ4v) is 1.84. The second kappa shape index (κ2) is 7.87. The molecule has 1 aromatic carbocycles. The monoisotopic (exact) mass is 299 g/mol. The van der Waals surface area contributed by atoms with Crippen molar-refractivity contribution in [3.8, 4) is 5.75 Å². The lowest BCUT2D eigenvalue weighted by atomic mass is 10.1. The van der Waals surface area contributed by atoms with Crippen LogP contribution in [0.3, 0.4) is 0 Å². The van der Waals surface area contributed by atoms with Crippen LogP contribution in [0.4, 0.5) is 0 Å². The van der Waals surface area contributed by atoms with E-state index in [9.17, 15) is 0 Å². The molecular weight excluding hydrogens is 274 g/mol. The van der Waals surface area contributed by atoms with Gasteiger partial charge in [-0.1, -0.05) is 25.4 Å². The topological polar surface area (TPSA) is 30.5 Å². The summed E-state index contributed by atoms with van der Waals surface area (Å²) in [7, 11) is 1.72. The Kier molecular flexibility index (Phi) is 6.80. The highest BCUT2D eigenvalue weighted by atomic mass is 35.5. The molecular formula is C16H26ClNO2. The zero-order valence-electron chi connectivity index (χ0n) is 13.1. The molecule has 20 heavy (non-hydrogen) atoms. The van der Waals surface area contributed by atoms with Gasteiger partial charge in [-0.15, -0.1) is 0 Å². The van der Waals surface area contributed by atoms with E-state index >= 15 is 0 Å². The van der Waals surface area contributed by atoms with Crippen LogP contribution in [0.5, 0.6) is 5.75 Å². The molecule has 0 aliphatic carbocycles. The van der Waals surface area contributed by atoms with Crippen LogP contribution in [0.25, 0.3) is 0 Å². The minimum atomic E-state index is -0.164. The summed E-state index contributed by atoms with van der Waals surface area (Å²) in [4.78, 5) is 0. The van der Waals surface area contributed by atoms with Gasteiger partial charge in [-0.2, -0.15) is 0 Å². The Morgan fingerprint density at radius 1 is 1.30 bits per heavy atom. The van der Waals surface area contributed by atoms with Gasteiger partial charge in [0.2, 0.25) is 0 Å². The first-order valence-electron chi connectivity index (χ1n) is 7.04. The van der Waals surface area contributed by atoms with E-state index < -0.39 is 0 Å². The molecule has 0 atom stereocenters. The summed E-state index contributed by atoms with van der Waals surface area (Å²) in [5, 5.41) is 4.12. The van der Waals surface area contributed by atoms with Crippen LogP contribution >= 0.6 is 11.6 Å². The smallest absolute Gasteiger partial charge is 0.123 e. The number of benzene rings is 1. The summed E-state index contributed by atoms with van der Waals surface area (Å²) in [5.41, 5.74) is 0.921. The molecule has 1 rings (SSSR count). The summed E-state index contributed by atoms with van der Waals surface area (Å²) in [6.07, 6.45) is 0.836. The molecule has 0 amide bonds. The maximum atomic E-state index is 6.06. The molecule has 0 bridgehead atoms. The molecule has 1 N–H and O–H groups in total. The summed E-state index contributed by atoms with van der Waals surface area (Å²) < 4.78 is 11.3. The minimum Gasteiger partial charge on any atom is -0.493 e. The average Bonchev–Trinajstić information content (AvgIpc) is 2.38. The number of nitrogens with one attached hydrogen (secondary N) is 1. The summed E-state index contributed by atoms with van der Waals surface area (Å²) in [6, 6.07) is 6.17. The molecule has 0 heterocycles. The molecule has 0 spiro atoms. The lowest BCUT2D eigenvalue weighted by Crippen LogP contribution is -2.25. The van der Waals surface area contributed by atoms with Crippen molar-refractivity contribution >= 4 is 11.6 Å². The van der Waals surface area contributed by atoms with E-state index in [1.807, 2.05) is 18.2 Å². The summed E-state index contributed by atoms with van der Waals surface area (Å²) >= 11 is 6.06. The second-order valence-corrected chi connectivity index (χ2v) is 6.29. The molecule has 0 fully saturated rings. The Bertz CT molecular complexity index is 419. The SMILES string of the molecule is COC(C)(C)CCOc1ccc(Cl)cc1CNC(C)C. The van der Waals surface area contributed by atoms with E-state index in [4.69, 9.17) is 21.1 Å². The molecule has 0 aliphatic heterocycles. The van der Waals surface area contributed by atoms with Gasteiger partial charge in [0.1, 0.15) is 5.75 Å². The van der Waals surface area contributed by atoms with Crippen LogP contribution in [0.2, 0.25) is 5.02 Å². The van der Waals surface area contributed by atoms with Crippen LogP contribution in [0, 0.1) is 0 Å². The van der Waals surface area contributed by atoms with Gasteiger partial charge in [0, 0.05) is 36.7 Å². The molecule has 0 aliphatic rings. The van der Waals surface area contributed by atoms with Crippen LogP contribution in [-0.4, -0.2) is 25.4 Å². The fraction of sp³-hybridized carbons (Fsp3) is 0.625. The first kappa shape index (κ1) is 17.3. The Hall–Kier alpha value is -0.770. The maximum absolute atomic E-state index is 6.06. The van der Waals surface area contributed by atoms with Crippen LogP contribution in [0.15, 0.2) is 18.2 Å². The van der Waals surface area contributed by atoms with Crippen LogP contribution < -0.4 is 10.1 Å². The normalized spacial score (nSPS) is 11.9. The standard InChI is InChI=1S/C16H26ClNO2/c1-12(2)18-11-13-10-14(17)6-7-15(13)20-9-8-16(3,4)19-5/h6-7,10,12,18H,8-9,11H2,1-5H3. The Labute approximate surface area is 127 Å². The third kappa shape index (κ3) is 6.12. The zero-order valence-corrected chi connectivity index (χ0v) is 13.9. The van der Waals surface area contributed by atoms with Crippen molar-refractivity contribution in [2.45, 2.75) is 52.3 Å². The lowest BCUT2D eigenvalue weighted by molar-refractivity contribution is 0.00537. The molecule has 1 aromatic rings. The average molecular weight is 300 g/mol. The molecule has 4 heteroatoms. The van der Waals surface area contributed by atoms with Crippen molar-refractivity contribution in [2.24, 2.45) is 0 Å². The van der Waals surface area contributed by atoms with Crippen LogP contribution in [-0.2, 0) is 11.3 Å². The largest absolute Gasteiger partial charge is 0.493 e. The van der Waals surface area contributed by atoms with E-state index in [0.29, 0.717) is 12.6 Å². The van der Waals surface area contributed by atoms with Gasteiger partial charge in [0.05, 0.1) is 12.2 Å². The minimum absolute atomic E-state index is 0.164. The van der Waals surface area contributed by atoms with Crippen molar-refractivity contribution in [1.82, 2.24) is 5.32 Å². The Morgan fingerprint density at radius 2 is 2.00 bits per heavy atom. The van der Waals surface area contributed by atoms with Gasteiger partial charge in [-0.05, 0) is 32.0 Å². The maximum Gasteiger partial charge on any atom is 0.123 e. The van der Waals surface area contributed by atoms with Gasteiger partial charge in [0.15, 0.2) is 0 Å².